The second-order valence-electron chi connectivity index (χ2n) is 5.66. The number of aromatic nitrogens is 1. The normalized spacial score (nSPS) is 12.6. The number of carbonyl (C=O) groups excluding carboxylic acids is 1. The van der Waals surface area contributed by atoms with Gasteiger partial charge in [0.05, 0.1) is 5.52 Å². The van der Waals surface area contributed by atoms with Crippen molar-refractivity contribution >= 4 is 16.8 Å². The SMILES string of the molecule is Cn1c(C(=O)NCc2ccc3c(c2)OCO3)cc2ccc(F)cc21. The Morgan fingerprint density at radius 1 is 1.17 bits per heavy atom. The van der Waals surface area contributed by atoms with Gasteiger partial charge in [-0.3, -0.25) is 4.79 Å². The van der Waals surface area contributed by atoms with Crippen LogP contribution in [0.25, 0.3) is 10.9 Å². The van der Waals surface area contributed by atoms with Gasteiger partial charge in [0.2, 0.25) is 6.79 Å². The minimum atomic E-state index is -0.323. The maximum absolute atomic E-state index is 13.4. The summed E-state index contributed by atoms with van der Waals surface area (Å²) < 4.78 is 25.6. The summed E-state index contributed by atoms with van der Waals surface area (Å²) >= 11 is 0. The molecule has 24 heavy (non-hydrogen) atoms. The molecule has 0 bridgehead atoms. The number of hydrogen-bond acceptors (Lipinski definition) is 3. The highest BCUT2D eigenvalue weighted by molar-refractivity contribution is 5.98. The Bertz CT molecular complexity index is 949. The van der Waals surface area contributed by atoms with Gasteiger partial charge in [-0.05, 0) is 42.0 Å². The van der Waals surface area contributed by atoms with Crippen molar-refractivity contribution in [2.45, 2.75) is 6.54 Å². The van der Waals surface area contributed by atoms with Gasteiger partial charge in [-0.25, -0.2) is 4.39 Å². The van der Waals surface area contributed by atoms with E-state index in [2.05, 4.69) is 5.32 Å². The smallest absolute Gasteiger partial charge is 0.268 e. The van der Waals surface area contributed by atoms with E-state index in [-0.39, 0.29) is 18.5 Å². The van der Waals surface area contributed by atoms with Crippen molar-refractivity contribution in [2.24, 2.45) is 7.05 Å². The van der Waals surface area contributed by atoms with E-state index in [1.54, 1.807) is 23.7 Å². The molecule has 1 aliphatic rings. The average molecular weight is 326 g/mol. The van der Waals surface area contributed by atoms with Crippen LogP contribution in [0.2, 0.25) is 0 Å². The van der Waals surface area contributed by atoms with Crippen molar-refractivity contribution < 1.29 is 18.7 Å². The number of amides is 1. The zero-order valence-corrected chi connectivity index (χ0v) is 13.0. The maximum atomic E-state index is 13.4. The molecule has 0 unspecified atom stereocenters. The Hall–Kier alpha value is -3.02. The zero-order valence-electron chi connectivity index (χ0n) is 13.0. The molecule has 3 aromatic rings. The van der Waals surface area contributed by atoms with E-state index >= 15 is 0 Å². The molecule has 0 radical (unpaired) electrons. The van der Waals surface area contributed by atoms with Gasteiger partial charge < -0.3 is 19.4 Å². The van der Waals surface area contributed by atoms with Gasteiger partial charge in [0.15, 0.2) is 11.5 Å². The van der Waals surface area contributed by atoms with E-state index < -0.39 is 0 Å². The van der Waals surface area contributed by atoms with Gasteiger partial charge in [-0.2, -0.15) is 0 Å². The Balaban J connectivity index is 1.53. The van der Waals surface area contributed by atoms with Crippen LogP contribution in [0.15, 0.2) is 42.5 Å². The fourth-order valence-corrected chi connectivity index (χ4v) is 2.84. The lowest BCUT2D eigenvalue weighted by Crippen LogP contribution is -2.24. The molecular formula is C18H15FN2O3. The molecule has 1 aliphatic heterocycles. The molecule has 1 amide bonds. The standard InChI is InChI=1S/C18H15FN2O3/c1-21-14-8-13(19)4-3-12(14)7-15(21)18(22)20-9-11-2-5-16-17(6-11)24-10-23-16/h2-8H,9-10H2,1H3,(H,20,22). The van der Waals surface area contributed by atoms with Gasteiger partial charge in [-0.15, -0.1) is 0 Å². The second-order valence-corrected chi connectivity index (χ2v) is 5.66. The third-order valence-corrected chi connectivity index (χ3v) is 4.13. The first kappa shape index (κ1) is 14.6. The molecule has 1 N–H and O–H groups in total. The number of hydrogen-bond donors (Lipinski definition) is 1. The van der Waals surface area contributed by atoms with Gasteiger partial charge in [0, 0.05) is 19.0 Å². The zero-order chi connectivity index (χ0) is 16.7. The number of carbonyl (C=O) groups is 1. The van der Waals surface area contributed by atoms with E-state index in [9.17, 15) is 9.18 Å². The molecule has 0 fully saturated rings. The summed E-state index contributed by atoms with van der Waals surface area (Å²) in [5.41, 5.74) is 2.08. The maximum Gasteiger partial charge on any atom is 0.268 e. The van der Waals surface area contributed by atoms with Crippen molar-refractivity contribution in [3.63, 3.8) is 0 Å². The van der Waals surface area contributed by atoms with Crippen LogP contribution in [0.1, 0.15) is 16.1 Å². The lowest BCUT2D eigenvalue weighted by atomic mass is 10.2. The van der Waals surface area contributed by atoms with E-state index in [0.29, 0.717) is 29.3 Å². The summed E-state index contributed by atoms with van der Waals surface area (Å²) in [5.74, 6) is 0.852. The number of fused-ring (bicyclic) bond motifs is 2. The average Bonchev–Trinajstić information content (AvgIpc) is 3.17. The fourth-order valence-electron chi connectivity index (χ4n) is 2.84. The lowest BCUT2D eigenvalue weighted by Gasteiger charge is -2.07. The molecule has 2 heterocycles. The first-order chi connectivity index (χ1) is 11.6. The van der Waals surface area contributed by atoms with Crippen LogP contribution in [0, 0.1) is 5.82 Å². The van der Waals surface area contributed by atoms with E-state index in [1.807, 2.05) is 18.2 Å². The van der Waals surface area contributed by atoms with Gasteiger partial charge >= 0.3 is 0 Å². The Labute approximate surface area is 137 Å². The van der Waals surface area contributed by atoms with Crippen LogP contribution >= 0.6 is 0 Å². The highest BCUT2D eigenvalue weighted by atomic mass is 19.1. The Kier molecular flexibility index (Phi) is 3.37. The highest BCUT2D eigenvalue weighted by Gasteiger charge is 2.16. The summed E-state index contributed by atoms with van der Waals surface area (Å²) in [6.45, 7) is 0.586. The molecule has 0 saturated carbocycles. The van der Waals surface area contributed by atoms with Crippen molar-refractivity contribution in [1.82, 2.24) is 9.88 Å². The molecule has 0 saturated heterocycles. The number of rotatable bonds is 3. The molecule has 2 aromatic carbocycles. The van der Waals surface area contributed by atoms with E-state index in [1.165, 1.54) is 12.1 Å². The quantitative estimate of drug-likeness (QED) is 0.805. The summed E-state index contributed by atoms with van der Waals surface area (Å²) in [5, 5.41) is 3.70. The van der Waals surface area contributed by atoms with Crippen LogP contribution < -0.4 is 14.8 Å². The molecule has 5 nitrogen and oxygen atoms in total. The van der Waals surface area contributed by atoms with Crippen LogP contribution in [-0.4, -0.2) is 17.3 Å². The number of aryl methyl sites for hydroxylation is 1. The molecule has 0 atom stereocenters. The number of halogens is 1. The Morgan fingerprint density at radius 3 is 2.88 bits per heavy atom. The number of nitrogens with one attached hydrogen (secondary N) is 1. The largest absolute Gasteiger partial charge is 0.454 e. The lowest BCUT2D eigenvalue weighted by molar-refractivity contribution is 0.0943. The molecule has 0 spiro atoms. The topological polar surface area (TPSA) is 52.5 Å². The third-order valence-electron chi connectivity index (χ3n) is 4.13. The number of ether oxygens (including phenoxy) is 2. The predicted octanol–water partition coefficient (Wildman–Crippen LogP) is 2.98. The summed E-state index contributed by atoms with van der Waals surface area (Å²) in [4.78, 5) is 12.4. The van der Waals surface area contributed by atoms with E-state index in [4.69, 9.17) is 9.47 Å². The minimum Gasteiger partial charge on any atom is -0.454 e. The van der Waals surface area contributed by atoms with Crippen molar-refractivity contribution in [1.29, 1.82) is 0 Å². The highest BCUT2D eigenvalue weighted by Crippen LogP contribution is 2.32. The molecule has 122 valence electrons. The van der Waals surface area contributed by atoms with Crippen LogP contribution in [0.4, 0.5) is 4.39 Å². The van der Waals surface area contributed by atoms with Gasteiger partial charge in [0.1, 0.15) is 11.5 Å². The first-order valence-electron chi connectivity index (χ1n) is 7.53. The minimum absolute atomic E-state index is 0.216. The summed E-state index contributed by atoms with van der Waals surface area (Å²) in [7, 11) is 1.75. The first-order valence-corrected chi connectivity index (χ1v) is 7.53. The van der Waals surface area contributed by atoms with E-state index in [0.717, 1.165) is 10.9 Å². The molecule has 1 aromatic heterocycles. The number of nitrogens with zero attached hydrogens (tertiary/aromatic N) is 1. The summed E-state index contributed by atoms with van der Waals surface area (Å²) in [6, 6.07) is 11.8. The monoisotopic (exact) mass is 326 g/mol. The predicted molar refractivity (Wildman–Crippen MR) is 86.6 cm³/mol. The third kappa shape index (κ3) is 2.46. The van der Waals surface area contributed by atoms with Gasteiger partial charge in [-0.1, -0.05) is 6.07 Å². The van der Waals surface area contributed by atoms with Crippen molar-refractivity contribution in [3.8, 4) is 11.5 Å². The molecule has 6 heteroatoms. The van der Waals surface area contributed by atoms with Crippen molar-refractivity contribution in [2.75, 3.05) is 6.79 Å². The van der Waals surface area contributed by atoms with Crippen molar-refractivity contribution in [3.05, 3.63) is 59.5 Å². The molecule has 0 aliphatic carbocycles. The fraction of sp³-hybridized carbons (Fsp3) is 0.167. The summed E-state index contributed by atoms with van der Waals surface area (Å²) in [6.07, 6.45) is 0. The molecular weight excluding hydrogens is 311 g/mol. The van der Waals surface area contributed by atoms with Crippen LogP contribution in [-0.2, 0) is 13.6 Å². The molecule has 4 rings (SSSR count). The van der Waals surface area contributed by atoms with Crippen LogP contribution in [0.5, 0.6) is 11.5 Å². The van der Waals surface area contributed by atoms with Gasteiger partial charge in [0.25, 0.3) is 5.91 Å². The Morgan fingerprint density at radius 2 is 2.00 bits per heavy atom. The second kappa shape index (κ2) is 5.56. The van der Waals surface area contributed by atoms with Crippen LogP contribution in [0.3, 0.4) is 0 Å². The number of benzene rings is 2.